The van der Waals surface area contributed by atoms with Crippen LogP contribution in [0.2, 0.25) is 0 Å². The summed E-state index contributed by atoms with van der Waals surface area (Å²) >= 11 is 0. The fraction of sp³-hybridized carbons (Fsp3) is 0.190. The Hall–Kier alpha value is -3.99. The van der Waals surface area contributed by atoms with Crippen LogP contribution in [0, 0.1) is 11.3 Å². The minimum atomic E-state index is -1.10. The van der Waals surface area contributed by atoms with Gasteiger partial charge in [0.05, 0.1) is 22.5 Å². The fourth-order valence-electron chi connectivity index (χ4n) is 2.82. The number of rotatable bonds is 5. The molecule has 2 aromatic rings. The molecule has 1 aliphatic heterocycles. The zero-order valence-corrected chi connectivity index (χ0v) is 15.5. The van der Waals surface area contributed by atoms with Gasteiger partial charge in [-0.2, -0.15) is 5.26 Å². The Morgan fingerprint density at radius 2 is 1.69 bits per heavy atom. The van der Waals surface area contributed by atoms with E-state index in [0.717, 1.165) is 4.90 Å². The second-order valence-corrected chi connectivity index (χ2v) is 6.36. The SMILES string of the molecule is CC(OC(=O)c1ccc(N2C(=O)CCC2=O)cc1)C(=O)Nc1ccccc1C#N. The fourth-order valence-corrected chi connectivity index (χ4v) is 2.82. The van der Waals surface area contributed by atoms with E-state index in [9.17, 15) is 19.2 Å². The smallest absolute Gasteiger partial charge is 0.338 e. The van der Waals surface area contributed by atoms with Crippen LogP contribution in [0.3, 0.4) is 0 Å². The zero-order valence-electron chi connectivity index (χ0n) is 15.5. The predicted octanol–water partition coefficient (Wildman–Crippen LogP) is 2.40. The third-order valence-corrected chi connectivity index (χ3v) is 4.37. The standard InChI is InChI=1S/C21H17N3O5/c1-13(20(27)23-17-5-3-2-4-15(17)12-22)29-21(28)14-6-8-16(9-7-14)24-18(25)10-11-19(24)26/h2-9,13H,10-11H2,1H3,(H,23,27). The topological polar surface area (TPSA) is 117 Å². The number of nitrogens with one attached hydrogen (secondary N) is 1. The van der Waals surface area contributed by atoms with E-state index in [4.69, 9.17) is 10.00 Å². The van der Waals surface area contributed by atoms with E-state index in [2.05, 4.69) is 5.32 Å². The third-order valence-electron chi connectivity index (χ3n) is 4.37. The molecular weight excluding hydrogens is 374 g/mol. The number of nitrogens with zero attached hydrogens (tertiary/aromatic N) is 2. The number of esters is 1. The van der Waals surface area contributed by atoms with Crippen LogP contribution in [0.5, 0.6) is 0 Å². The normalized spacial score (nSPS) is 14.3. The highest BCUT2D eigenvalue weighted by atomic mass is 16.5. The summed E-state index contributed by atoms with van der Waals surface area (Å²) in [5, 5.41) is 11.6. The van der Waals surface area contributed by atoms with Gasteiger partial charge in [0.2, 0.25) is 11.8 Å². The Morgan fingerprint density at radius 3 is 2.31 bits per heavy atom. The molecule has 0 aromatic heterocycles. The lowest BCUT2D eigenvalue weighted by Gasteiger charge is -2.16. The van der Waals surface area contributed by atoms with Gasteiger partial charge in [-0.05, 0) is 43.3 Å². The maximum absolute atomic E-state index is 12.3. The molecule has 3 amide bonds. The van der Waals surface area contributed by atoms with E-state index < -0.39 is 18.0 Å². The summed E-state index contributed by atoms with van der Waals surface area (Å²) in [5.41, 5.74) is 1.17. The highest BCUT2D eigenvalue weighted by molar-refractivity contribution is 6.19. The largest absolute Gasteiger partial charge is 0.449 e. The Balaban J connectivity index is 1.63. The molecule has 146 valence electrons. The number of hydrogen-bond donors (Lipinski definition) is 1. The number of imide groups is 1. The van der Waals surface area contributed by atoms with Crippen LogP contribution >= 0.6 is 0 Å². The van der Waals surface area contributed by atoms with Crippen molar-refractivity contribution in [3.05, 3.63) is 59.7 Å². The summed E-state index contributed by atoms with van der Waals surface area (Å²) in [4.78, 5) is 49.2. The maximum atomic E-state index is 12.3. The van der Waals surface area contributed by atoms with Crippen LogP contribution < -0.4 is 10.2 Å². The molecule has 1 aliphatic rings. The van der Waals surface area contributed by atoms with Crippen LogP contribution in [0.4, 0.5) is 11.4 Å². The minimum absolute atomic E-state index is 0.171. The second-order valence-electron chi connectivity index (χ2n) is 6.36. The van der Waals surface area contributed by atoms with Crippen molar-refractivity contribution in [3.63, 3.8) is 0 Å². The predicted molar refractivity (Wildman–Crippen MR) is 103 cm³/mol. The Kier molecular flexibility index (Phi) is 5.69. The quantitative estimate of drug-likeness (QED) is 0.618. The molecule has 1 unspecified atom stereocenters. The first kappa shape index (κ1) is 19.8. The van der Waals surface area contributed by atoms with E-state index in [1.54, 1.807) is 24.3 Å². The van der Waals surface area contributed by atoms with Gasteiger partial charge in [-0.25, -0.2) is 4.79 Å². The highest BCUT2D eigenvalue weighted by Gasteiger charge is 2.30. The Bertz CT molecular complexity index is 1010. The lowest BCUT2D eigenvalue weighted by Crippen LogP contribution is -2.30. The van der Waals surface area contributed by atoms with Gasteiger partial charge in [0, 0.05) is 12.8 Å². The van der Waals surface area contributed by atoms with Gasteiger partial charge >= 0.3 is 5.97 Å². The summed E-state index contributed by atoms with van der Waals surface area (Å²) in [6.07, 6.45) is -0.760. The minimum Gasteiger partial charge on any atom is -0.449 e. The van der Waals surface area contributed by atoms with Gasteiger partial charge < -0.3 is 10.1 Å². The number of hydrogen-bond acceptors (Lipinski definition) is 6. The number of para-hydroxylation sites is 1. The van der Waals surface area contributed by atoms with Gasteiger partial charge in [-0.15, -0.1) is 0 Å². The molecule has 0 saturated carbocycles. The van der Waals surface area contributed by atoms with E-state index in [1.807, 2.05) is 6.07 Å². The van der Waals surface area contributed by atoms with Crippen molar-refractivity contribution >= 4 is 35.1 Å². The molecule has 1 N–H and O–H groups in total. The van der Waals surface area contributed by atoms with Crippen molar-refractivity contribution in [2.24, 2.45) is 0 Å². The molecule has 8 nitrogen and oxygen atoms in total. The second kappa shape index (κ2) is 8.35. The molecule has 1 atom stereocenters. The Morgan fingerprint density at radius 1 is 1.07 bits per heavy atom. The summed E-state index contributed by atoms with van der Waals surface area (Å²) in [6.45, 7) is 1.41. The van der Waals surface area contributed by atoms with E-state index in [0.29, 0.717) is 16.9 Å². The monoisotopic (exact) mass is 391 g/mol. The molecule has 1 fully saturated rings. The lowest BCUT2D eigenvalue weighted by atomic mass is 10.2. The average molecular weight is 391 g/mol. The maximum Gasteiger partial charge on any atom is 0.338 e. The van der Waals surface area contributed by atoms with E-state index in [-0.39, 0.29) is 30.2 Å². The van der Waals surface area contributed by atoms with Crippen molar-refractivity contribution in [3.8, 4) is 6.07 Å². The molecule has 1 saturated heterocycles. The molecule has 2 aromatic carbocycles. The van der Waals surface area contributed by atoms with Crippen LogP contribution in [0.15, 0.2) is 48.5 Å². The molecule has 0 radical (unpaired) electrons. The molecule has 8 heteroatoms. The first-order valence-electron chi connectivity index (χ1n) is 8.87. The molecule has 0 bridgehead atoms. The summed E-state index contributed by atoms with van der Waals surface area (Å²) in [6, 6.07) is 14.2. The number of anilines is 2. The van der Waals surface area contributed by atoms with Crippen molar-refractivity contribution in [1.82, 2.24) is 0 Å². The first-order valence-corrected chi connectivity index (χ1v) is 8.87. The van der Waals surface area contributed by atoms with Gasteiger partial charge in [0.15, 0.2) is 6.10 Å². The molecule has 1 heterocycles. The van der Waals surface area contributed by atoms with Crippen molar-refractivity contribution in [2.45, 2.75) is 25.9 Å². The van der Waals surface area contributed by atoms with Gasteiger partial charge in [-0.3, -0.25) is 19.3 Å². The van der Waals surface area contributed by atoms with Gasteiger partial charge in [0.25, 0.3) is 5.91 Å². The molecule has 3 rings (SSSR count). The number of nitriles is 1. The van der Waals surface area contributed by atoms with Crippen LogP contribution in [0.1, 0.15) is 35.7 Å². The summed E-state index contributed by atoms with van der Waals surface area (Å²) in [7, 11) is 0. The van der Waals surface area contributed by atoms with Gasteiger partial charge in [0.1, 0.15) is 6.07 Å². The van der Waals surface area contributed by atoms with Gasteiger partial charge in [-0.1, -0.05) is 12.1 Å². The highest BCUT2D eigenvalue weighted by Crippen LogP contribution is 2.23. The van der Waals surface area contributed by atoms with Crippen molar-refractivity contribution in [2.75, 3.05) is 10.2 Å². The summed E-state index contributed by atoms with van der Waals surface area (Å²) < 4.78 is 5.17. The van der Waals surface area contributed by atoms with E-state index in [1.165, 1.54) is 31.2 Å². The first-order chi connectivity index (χ1) is 13.9. The lowest BCUT2D eigenvalue weighted by molar-refractivity contribution is -0.124. The molecule has 0 aliphatic carbocycles. The van der Waals surface area contributed by atoms with Crippen molar-refractivity contribution < 1.29 is 23.9 Å². The third kappa shape index (κ3) is 4.30. The number of amides is 3. The molecular formula is C21H17N3O5. The van der Waals surface area contributed by atoms with Crippen LogP contribution in [0.25, 0.3) is 0 Å². The molecule has 29 heavy (non-hydrogen) atoms. The number of benzene rings is 2. The van der Waals surface area contributed by atoms with E-state index >= 15 is 0 Å². The number of carbonyl (C=O) groups is 4. The average Bonchev–Trinajstić information content (AvgIpc) is 3.06. The summed E-state index contributed by atoms with van der Waals surface area (Å²) in [5.74, 6) is -1.88. The number of ether oxygens (including phenoxy) is 1. The van der Waals surface area contributed by atoms with Crippen LogP contribution in [-0.2, 0) is 19.1 Å². The zero-order chi connectivity index (χ0) is 21.0. The number of carbonyl (C=O) groups excluding carboxylic acids is 4. The van der Waals surface area contributed by atoms with Crippen molar-refractivity contribution in [1.29, 1.82) is 5.26 Å². The van der Waals surface area contributed by atoms with Crippen LogP contribution in [-0.4, -0.2) is 29.8 Å². The molecule has 0 spiro atoms. The Labute approximate surface area is 166 Å².